The second-order valence-electron chi connectivity index (χ2n) is 6.05. The highest BCUT2D eigenvalue weighted by Gasteiger charge is 2.15. The number of benzene rings is 1. The van der Waals surface area contributed by atoms with Crippen molar-refractivity contribution in [1.29, 1.82) is 0 Å². The molecule has 5 nitrogen and oxygen atoms in total. The molecule has 1 fully saturated rings. The van der Waals surface area contributed by atoms with Gasteiger partial charge in [-0.25, -0.2) is 4.98 Å². The number of rotatable bonds is 2. The van der Waals surface area contributed by atoms with E-state index in [-0.39, 0.29) is 0 Å². The van der Waals surface area contributed by atoms with E-state index < -0.39 is 0 Å². The Morgan fingerprint density at radius 2 is 1.96 bits per heavy atom. The number of anilines is 1. The van der Waals surface area contributed by atoms with Crippen molar-refractivity contribution in [3.05, 3.63) is 42.7 Å². The number of likely N-dealkylation sites (N-methyl/N-ethyl adjacent to an activating group) is 1. The molecule has 0 spiro atoms. The summed E-state index contributed by atoms with van der Waals surface area (Å²) in [6, 6.07) is 10.0. The van der Waals surface area contributed by atoms with Crippen LogP contribution in [0.3, 0.4) is 0 Å². The van der Waals surface area contributed by atoms with Crippen LogP contribution in [0.15, 0.2) is 47.1 Å². The maximum atomic E-state index is 5.91. The monoisotopic (exact) mass is 308 g/mol. The number of nitrogens with zero attached hydrogens (tertiary/aromatic N) is 4. The molecule has 0 bridgehead atoms. The first-order valence-electron chi connectivity index (χ1n) is 8.04. The molecule has 4 rings (SSSR count). The molecule has 3 heterocycles. The van der Waals surface area contributed by atoms with Crippen molar-refractivity contribution in [3.8, 4) is 11.5 Å². The minimum Gasteiger partial charge on any atom is -0.454 e. The number of furan rings is 1. The van der Waals surface area contributed by atoms with Gasteiger partial charge in [-0.1, -0.05) is 18.2 Å². The lowest BCUT2D eigenvalue weighted by Crippen LogP contribution is -2.29. The van der Waals surface area contributed by atoms with Crippen LogP contribution in [-0.4, -0.2) is 48.1 Å². The highest BCUT2D eigenvalue weighted by atomic mass is 16.3. The van der Waals surface area contributed by atoms with Crippen LogP contribution in [0.1, 0.15) is 6.42 Å². The smallest absolute Gasteiger partial charge is 0.155 e. The van der Waals surface area contributed by atoms with Gasteiger partial charge in [-0.05, 0) is 32.1 Å². The van der Waals surface area contributed by atoms with E-state index in [2.05, 4.69) is 21.8 Å². The molecule has 2 aromatic heterocycles. The minimum atomic E-state index is 0.771. The molecule has 5 heteroatoms. The maximum Gasteiger partial charge on any atom is 0.155 e. The van der Waals surface area contributed by atoms with E-state index in [9.17, 15) is 0 Å². The Bertz CT molecular complexity index is 780. The van der Waals surface area contributed by atoms with Crippen molar-refractivity contribution in [3.63, 3.8) is 0 Å². The zero-order valence-electron chi connectivity index (χ0n) is 13.3. The minimum absolute atomic E-state index is 0.771. The fraction of sp³-hybridized carbons (Fsp3) is 0.333. The Kier molecular flexibility index (Phi) is 3.71. The summed E-state index contributed by atoms with van der Waals surface area (Å²) < 4.78 is 5.91. The molecular weight excluding hydrogens is 288 g/mol. The van der Waals surface area contributed by atoms with Gasteiger partial charge in [0.05, 0.1) is 12.4 Å². The van der Waals surface area contributed by atoms with E-state index in [1.54, 1.807) is 6.20 Å². The Morgan fingerprint density at radius 1 is 1.04 bits per heavy atom. The lowest BCUT2D eigenvalue weighted by molar-refractivity contribution is 0.360. The second kappa shape index (κ2) is 6.01. The molecule has 3 aromatic rings. The molecule has 0 unspecified atom stereocenters. The van der Waals surface area contributed by atoms with E-state index in [1.807, 2.05) is 36.5 Å². The fourth-order valence-corrected chi connectivity index (χ4v) is 3.01. The van der Waals surface area contributed by atoms with Crippen molar-refractivity contribution >= 4 is 16.8 Å². The van der Waals surface area contributed by atoms with E-state index in [0.29, 0.717) is 0 Å². The van der Waals surface area contributed by atoms with Gasteiger partial charge in [-0.2, -0.15) is 0 Å². The van der Waals surface area contributed by atoms with E-state index in [4.69, 9.17) is 9.40 Å². The number of para-hydroxylation sites is 1. The van der Waals surface area contributed by atoms with Crippen LogP contribution in [0.2, 0.25) is 0 Å². The molecule has 0 saturated carbocycles. The van der Waals surface area contributed by atoms with Crippen LogP contribution >= 0.6 is 0 Å². The van der Waals surface area contributed by atoms with Crippen molar-refractivity contribution in [2.45, 2.75) is 6.42 Å². The summed E-state index contributed by atoms with van der Waals surface area (Å²) in [6.45, 7) is 4.18. The molecule has 1 aromatic carbocycles. The Hall–Kier alpha value is -2.40. The summed E-state index contributed by atoms with van der Waals surface area (Å²) in [7, 11) is 2.17. The van der Waals surface area contributed by atoms with Crippen LogP contribution in [0.25, 0.3) is 22.4 Å². The first kappa shape index (κ1) is 14.2. The average molecular weight is 308 g/mol. The molecule has 1 aliphatic rings. The third-order valence-electron chi connectivity index (χ3n) is 4.34. The molecule has 0 amide bonds. The Morgan fingerprint density at radius 3 is 2.87 bits per heavy atom. The van der Waals surface area contributed by atoms with Crippen LogP contribution in [0.4, 0.5) is 5.82 Å². The number of aromatic nitrogens is 2. The summed E-state index contributed by atoms with van der Waals surface area (Å²) in [5.41, 5.74) is 1.67. The van der Waals surface area contributed by atoms with Crippen LogP contribution in [0, 0.1) is 0 Å². The lowest BCUT2D eigenvalue weighted by Gasteiger charge is -2.21. The van der Waals surface area contributed by atoms with Gasteiger partial charge in [0.15, 0.2) is 5.76 Å². The highest BCUT2D eigenvalue weighted by molar-refractivity contribution is 5.82. The van der Waals surface area contributed by atoms with Gasteiger partial charge in [0.25, 0.3) is 0 Å². The molecule has 0 atom stereocenters. The quantitative estimate of drug-likeness (QED) is 0.728. The largest absolute Gasteiger partial charge is 0.454 e. The van der Waals surface area contributed by atoms with E-state index in [0.717, 1.165) is 60.8 Å². The van der Waals surface area contributed by atoms with Gasteiger partial charge in [0, 0.05) is 25.0 Å². The summed E-state index contributed by atoms with van der Waals surface area (Å²) in [5.74, 6) is 1.70. The zero-order valence-corrected chi connectivity index (χ0v) is 13.3. The van der Waals surface area contributed by atoms with Crippen molar-refractivity contribution < 1.29 is 4.42 Å². The molecule has 0 radical (unpaired) electrons. The predicted octanol–water partition coefficient (Wildman–Crippen LogP) is 3.03. The third kappa shape index (κ3) is 2.92. The first-order valence-corrected chi connectivity index (χ1v) is 8.04. The van der Waals surface area contributed by atoms with Crippen LogP contribution < -0.4 is 4.90 Å². The van der Waals surface area contributed by atoms with Gasteiger partial charge in [-0.15, -0.1) is 0 Å². The summed E-state index contributed by atoms with van der Waals surface area (Å²) >= 11 is 0. The summed E-state index contributed by atoms with van der Waals surface area (Å²) in [5, 5.41) is 1.09. The SMILES string of the molecule is CN1CCCN(c2cncc(-c3cc4ccccc4o3)n2)CC1. The number of fused-ring (bicyclic) bond motifs is 1. The molecular formula is C18H20N4O. The van der Waals surface area contributed by atoms with Gasteiger partial charge in [-0.3, -0.25) is 4.98 Å². The van der Waals surface area contributed by atoms with E-state index in [1.165, 1.54) is 0 Å². The standard InChI is InChI=1S/C18H20N4O/c1-21-7-4-8-22(10-9-21)18-13-19-12-15(20-18)17-11-14-5-2-3-6-16(14)23-17/h2-3,5-6,11-13H,4,7-10H2,1H3. The molecule has 1 aliphatic heterocycles. The summed E-state index contributed by atoms with van der Waals surface area (Å²) in [6.07, 6.45) is 4.76. The molecule has 118 valence electrons. The van der Waals surface area contributed by atoms with Gasteiger partial charge in [0.1, 0.15) is 17.1 Å². The van der Waals surface area contributed by atoms with Crippen LogP contribution in [-0.2, 0) is 0 Å². The maximum absolute atomic E-state index is 5.91. The third-order valence-corrected chi connectivity index (χ3v) is 4.34. The first-order chi connectivity index (χ1) is 11.3. The summed E-state index contributed by atoms with van der Waals surface area (Å²) in [4.78, 5) is 13.8. The fourth-order valence-electron chi connectivity index (χ4n) is 3.01. The van der Waals surface area contributed by atoms with E-state index >= 15 is 0 Å². The second-order valence-corrected chi connectivity index (χ2v) is 6.05. The van der Waals surface area contributed by atoms with Crippen molar-refractivity contribution in [2.24, 2.45) is 0 Å². The Labute approximate surface area is 135 Å². The zero-order chi connectivity index (χ0) is 15.6. The van der Waals surface area contributed by atoms with Gasteiger partial charge in [0.2, 0.25) is 0 Å². The van der Waals surface area contributed by atoms with Crippen molar-refractivity contribution in [1.82, 2.24) is 14.9 Å². The normalized spacial score (nSPS) is 16.7. The Balaban J connectivity index is 1.65. The lowest BCUT2D eigenvalue weighted by atomic mass is 10.2. The average Bonchev–Trinajstić information content (AvgIpc) is 2.90. The van der Waals surface area contributed by atoms with Gasteiger partial charge < -0.3 is 14.2 Å². The molecule has 0 N–H and O–H groups in total. The molecule has 23 heavy (non-hydrogen) atoms. The van der Waals surface area contributed by atoms with Crippen LogP contribution in [0.5, 0.6) is 0 Å². The van der Waals surface area contributed by atoms with Gasteiger partial charge >= 0.3 is 0 Å². The molecule has 0 aliphatic carbocycles. The van der Waals surface area contributed by atoms with Crippen molar-refractivity contribution in [2.75, 3.05) is 38.1 Å². The number of hydrogen-bond donors (Lipinski definition) is 0. The topological polar surface area (TPSA) is 45.4 Å². The number of hydrogen-bond acceptors (Lipinski definition) is 5. The highest BCUT2D eigenvalue weighted by Crippen LogP contribution is 2.27. The predicted molar refractivity (Wildman–Crippen MR) is 91.6 cm³/mol. The molecule has 1 saturated heterocycles.